The lowest BCUT2D eigenvalue weighted by Gasteiger charge is -2.06. The minimum absolute atomic E-state index is 0.230. The fraction of sp³-hybridized carbons (Fsp3) is 0.500. The van der Waals surface area contributed by atoms with Crippen molar-refractivity contribution in [1.82, 2.24) is 15.5 Å². The summed E-state index contributed by atoms with van der Waals surface area (Å²) in [4.78, 5) is 10.6. The van der Waals surface area contributed by atoms with Gasteiger partial charge in [0, 0.05) is 12.6 Å². The molecule has 1 aromatic heterocycles. The molecule has 5 nitrogen and oxygen atoms in total. The number of aromatic carboxylic acids is 1. The summed E-state index contributed by atoms with van der Waals surface area (Å²) in [6.07, 6.45) is 1.32. The number of hydrogen-bond acceptors (Lipinski definition) is 3. The monoisotopic (exact) mass is 183 g/mol. The van der Waals surface area contributed by atoms with Gasteiger partial charge in [-0.05, 0) is 0 Å². The maximum atomic E-state index is 10.6. The first-order chi connectivity index (χ1) is 6.11. The van der Waals surface area contributed by atoms with E-state index in [-0.39, 0.29) is 5.56 Å². The van der Waals surface area contributed by atoms with E-state index in [2.05, 4.69) is 15.5 Å². The fourth-order valence-electron chi connectivity index (χ4n) is 0.938. The first kappa shape index (κ1) is 9.73. The molecule has 0 aliphatic rings. The predicted octanol–water partition coefficient (Wildman–Crippen LogP) is 0.606. The summed E-state index contributed by atoms with van der Waals surface area (Å²) in [5.41, 5.74) is 0.842. The molecule has 5 heteroatoms. The molecule has 0 aromatic carbocycles. The highest BCUT2D eigenvalue weighted by Gasteiger charge is 2.11. The number of H-pyrrole nitrogens is 1. The number of carbonyl (C=O) groups is 1. The van der Waals surface area contributed by atoms with Crippen LogP contribution in [-0.4, -0.2) is 27.3 Å². The lowest BCUT2D eigenvalue weighted by Crippen LogP contribution is -2.23. The quantitative estimate of drug-likeness (QED) is 0.639. The van der Waals surface area contributed by atoms with Crippen molar-refractivity contribution in [1.29, 1.82) is 0 Å². The van der Waals surface area contributed by atoms with Crippen LogP contribution in [0, 0.1) is 0 Å². The lowest BCUT2D eigenvalue weighted by molar-refractivity contribution is 0.0695. The summed E-state index contributed by atoms with van der Waals surface area (Å²) >= 11 is 0. The van der Waals surface area contributed by atoms with Gasteiger partial charge in [0.1, 0.15) is 5.56 Å². The molecule has 0 atom stereocenters. The zero-order valence-corrected chi connectivity index (χ0v) is 7.66. The van der Waals surface area contributed by atoms with Crippen molar-refractivity contribution >= 4 is 5.97 Å². The molecule has 1 aromatic rings. The van der Waals surface area contributed by atoms with Crippen molar-refractivity contribution in [2.45, 2.75) is 26.4 Å². The van der Waals surface area contributed by atoms with E-state index in [1.54, 1.807) is 0 Å². The smallest absolute Gasteiger partial charge is 0.339 e. The second kappa shape index (κ2) is 4.04. The number of nitrogens with zero attached hydrogens (tertiary/aromatic N) is 1. The summed E-state index contributed by atoms with van der Waals surface area (Å²) in [6.45, 7) is 4.49. The average Bonchev–Trinajstić information content (AvgIpc) is 2.47. The molecule has 0 radical (unpaired) electrons. The largest absolute Gasteiger partial charge is 0.478 e. The van der Waals surface area contributed by atoms with E-state index >= 15 is 0 Å². The van der Waals surface area contributed by atoms with Crippen molar-refractivity contribution in [2.24, 2.45) is 0 Å². The Morgan fingerprint density at radius 2 is 2.46 bits per heavy atom. The topological polar surface area (TPSA) is 78.0 Å². The number of aromatic amines is 1. The van der Waals surface area contributed by atoms with Crippen LogP contribution in [-0.2, 0) is 6.54 Å². The molecule has 0 aliphatic heterocycles. The Labute approximate surface area is 76.2 Å². The van der Waals surface area contributed by atoms with Gasteiger partial charge in [-0.15, -0.1) is 0 Å². The SMILES string of the molecule is CC(C)NCc1[nH]ncc1C(=O)O. The summed E-state index contributed by atoms with van der Waals surface area (Å²) in [7, 11) is 0. The minimum atomic E-state index is -0.950. The Balaban J connectivity index is 2.65. The van der Waals surface area contributed by atoms with Gasteiger partial charge in [0.25, 0.3) is 0 Å². The molecule has 0 amide bonds. The maximum Gasteiger partial charge on any atom is 0.339 e. The third-order valence-electron chi connectivity index (χ3n) is 1.64. The molecule has 0 spiro atoms. The molecule has 72 valence electrons. The second-order valence-electron chi connectivity index (χ2n) is 3.10. The third-order valence-corrected chi connectivity index (χ3v) is 1.64. The Bertz CT molecular complexity index is 293. The van der Waals surface area contributed by atoms with Crippen LogP contribution >= 0.6 is 0 Å². The lowest BCUT2D eigenvalue weighted by atomic mass is 10.2. The molecule has 13 heavy (non-hydrogen) atoms. The molecule has 0 aliphatic carbocycles. The Morgan fingerprint density at radius 1 is 1.77 bits per heavy atom. The molecular weight excluding hydrogens is 170 g/mol. The van der Waals surface area contributed by atoms with Crippen LogP contribution in [0.5, 0.6) is 0 Å². The van der Waals surface area contributed by atoms with Gasteiger partial charge in [-0.1, -0.05) is 13.8 Å². The first-order valence-electron chi connectivity index (χ1n) is 4.10. The van der Waals surface area contributed by atoms with E-state index in [1.165, 1.54) is 6.20 Å². The van der Waals surface area contributed by atoms with Crippen LogP contribution in [0.15, 0.2) is 6.20 Å². The summed E-state index contributed by atoms with van der Waals surface area (Å²) < 4.78 is 0. The van der Waals surface area contributed by atoms with Gasteiger partial charge in [-0.3, -0.25) is 5.10 Å². The Morgan fingerprint density at radius 3 is 3.00 bits per heavy atom. The zero-order chi connectivity index (χ0) is 9.84. The van der Waals surface area contributed by atoms with E-state index in [4.69, 9.17) is 5.11 Å². The standard InChI is InChI=1S/C8H13N3O2/c1-5(2)9-4-7-6(8(12)13)3-10-11-7/h3,5,9H,4H2,1-2H3,(H,10,11)(H,12,13). The Kier molecular flexibility index (Phi) is 3.02. The van der Waals surface area contributed by atoms with Crippen molar-refractivity contribution in [3.8, 4) is 0 Å². The summed E-state index contributed by atoms with van der Waals surface area (Å²) in [5, 5.41) is 18.2. The number of carboxylic acid groups (broad SMARTS) is 1. The van der Waals surface area contributed by atoms with Gasteiger partial charge in [-0.25, -0.2) is 4.79 Å². The number of nitrogens with one attached hydrogen (secondary N) is 2. The molecule has 0 saturated heterocycles. The van der Waals surface area contributed by atoms with E-state index in [0.29, 0.717) is 18.3 Å². The van der Waals surface area contributed by atoms with Crippen LogP contribution in [0.4, 0.5) is 0 Å². The molecule has 0 fully saturated rings. The van der Waals surface area contributed by atoms with E-state index < -0.39 is 5.97 Å². The molecule has 0 saturated carbocycles. The van der Waals surface area contributed by atoms with Crippen LogP contribution in [0.2, 0.25) is 0 Å². The normalized spacial score (nSPS) is 10.7. The molecule has 1 heterocycles. The van der Waals surface area contributed by atoms with Crippen molar-refractivity contribution in [2.75, 3.05) is 0 Å². The Hall–Kier alpha value is -1.36. The number of rotatable bonds is 4. The molecule has 0 bridgehead atoms. The molecule has 3 N–H and O–H groups in total. The van der Waals surface area contributed by atoms with Gasteiger partial charge in [0.05, 0.1) is 11.9 Å². The summed E-state index contributed by atoms with van der Waals surface area (Å²) in [5.74, 6) is -0.950. The van der Waals surface area contributed by atoms with E-state index in [0.717, 1.165) is 0 Å². The maximum absolute atomic E-state index is 10.6. The third kappa shape index (κ3) is 2.55. The summed E-state index contributed by atoms with van der Waals surface area (Å²) in [6, 6.07) is 0.324. The zero-order valence-electron chi connectivity index (χ0n) is 7.66. The number of hydrogen-bond donors (Lipinski definition) is 3. The van der Waals surface area contributed by atoms with Crippen molar-refractivity contribution in [3.63, 3.8) is 0 Å². The van der Waals surface area contributed by atoms with Gasteiger partial charge in [-0.2, -0.15) is 5.10 Å². The van der Waals surface area contributed by atoms with Crippen LogP contribution < -0.4 is 5.32 Å². The highest BCUT2D eigenvalue weighted by molar-refractivity contribution is 5.88. The van der Waals surface area contributed by atoms with Gasteiger partial charge < -0.3 is 10.4 Å². The highest BCUT2D eigenvalue weighted by atomic mass is 16.4. The van der Waals surface area contributed by atoms with E-state index in [1.807, 2.05) is 13.8 Å². The predicted molar refractivity (Wildman–Crippen MR) is 47.5 cm³/mol. The molecule has 0 unspecified atom stereocenters. The van der Waals surface area contributed by atoms with Crippen molar-refractivity contribution in [3.05, 3.63) is 17.5 Å². The van der Waals surface area contributed by atoms with Crippen LogP contribution in [0.1, 0.15) is 29.9 Å². The highest BCUT2D eigenvalue weighted by Crippen LogP contribution is 2.03. The van der Waals surface area contributed by atoms with Crippen LogP contribution in [0.3, 0.4) is 0 Å². The number of aromatic nitrogens is 2. The number of carboxylic acids is 1. The van der Waals surface area contributed by atoms with Crippen molar-refractivity contribution < 1.29 is 9.90 Å². The van der Waals surface area contributed by atoms with E-state index in [9.17, 15) is 4.79 Å². The second-order valence-corrected chi connectivity index (χ2v) is 3.10. The first-order valence-corrected chi connectivity index (χ1v) is 4.10. The van der Waals surface area contributed by atoms with Gasteiger partial charge in [0.15, 0.2) is 0 Å². The minimum Gasteiger partial charge on any atom is -0.478 e. The average molecular weight is 183 g/mol. The fourth-order valence-corrected chi connectivity index (χ4v) is 0.938. The van der Waals surface area contributed by atoms with Gasteiger partial charge >= 0.3 is 5.97 Å². The molecule has 1 rings (SSSR count). The van der Waals surface area contributed by atoms with Crippen LogP contribution in [0.25, 0.3) is 0 Å². The van der Waals surface area contributed by atoms with Gasteiger partial charge in [0.2, 0.25) is 0 Å². The molecular formula is C8H13N3O2.